The summed E-state index contributed by atoms with van der Waals surface area (Å²) in [6, 6.07) is 18.2. The lowest BCUT2D eigenvalue weighted by molar-refractivity contribution is -0.123. The fraction of sp³-hybridized carbons (Fsp3) is 0.0909. The van der Waals surface area contributed by atoms with Gasteiger partial charge in [0.25, 0.3) is 5.91 Å². The van der Waals surface area contributed by atoms with Gasteiger partial charge in [0, 0.05) is 5.56 Å². The van der Waals surface area contributed by atoms with E-state index in [1.165, 1.54) is 6.26 Å². The van der Waals surface area contributed by atoms with Crippen LogP contribution in [0.3, 0.4) is 0 Å². The molecule has 3 amide bonds. The SMILES string of the molecule is N#Cc1ccccc1-c1ccccc1C(=O)OCC(=O)NC(=O)NCc1ccco1. The van der Waals surface area contributed by atoms with Crippen molar-refractivity contribution in [2.75, 3.05) is 6.61 Å². The molecule has 0 radical (unpaired) electrons. The van der Waals surface area contributed by atoms with Crippen molar-refractivity contribution in [1.82, 2.24) is 10.6 Å². The Balaban J connectivity index is 1.59. The van der Waals surface area contributed by atoms with Crippen molar-refractivity contribution in [1.29, 1.82) is 5.26 Å². The number of amides is 3. The molecule has 150 valence electrons. The Morgan fingerprint density at radius 3 is 2.43 bits per heavy atom. The van der Waals surface area contributed by atoms with Crippen LogP contribution in [0.25, 0.3) is 11.1 Å². The second kappa shape index (κ2) is 9.71. The molecule has 8 heteroatoms. The molecule has 1 aromatic heterocycles. The van der Waals surface area contributed by atoms with E-state index in [1.54, 1.807) is 60.7 Å². The average Bonchev–Trinajstić information content (AvgIpc) is 3.30. The standard InChI is InChI=1S/C22H17N3O5/c23-12-15-6-1-2-8-17(15)18-9-3-4-10-19(18)21(27)30-14-20(26)25-22(28)24-13-16-7-5-11-29-16/h1-11H,13-14H2,(H2,24,25,26,28). The Morgan fingerprint density at radius 1 is 0.967 bits per heavy atom. The number of urea groups is 1. The summed E-state index contributed by atoms with van der Waals surface area (Å²) in [6.07, 6.45) is 1.46. The van der Waals surface area contributed by atoms with Crippen molar-refractivity contribution in [3.63, 3.8) is 0 Å². The number of ether oxygens (including phenoxy) is 1. The summed E-state index contributed by atoms with van der Waals surface area (Å²) >= 11 is 0. The third-order valence-electron chi connectivity index (χ3n) is 4.08. The van der Waals surface area contributed by atoms with E-state index in [1.807, 2.05) is 0 Å². The van der Waals surface area contributed by atoms with Crippen LogP contribution in [0.1, 0.15) is 21.7 Å². The van der Waals surface area contributed by atoms with Gasteiger partial charge in [0.05, 0.1) is 30.0 Å². The van der Waals surface area contributed by atoms with Gasteiger partial charge in [0.15, 0.2) is 6.61 Å². The number of furan rings is 1. The maximum absolute atomic E-state index is 12.5. The maximum Gasteiger partial charge on any atom is 0.339 e. The third-order valence-corrected chi connectivity index (χ3v) is 4.08. The number of nitriles is 1. The molecule has 3 aromatic rings. The van der Waals surface area contributed by atoms with Crippen molar-refractivity contribution in [3.8, 4) is 17.2 Å². The Bertz CT molecular complexity index is 1100. The number of nitrogens with zero attached hydrogens (tertiary/aromatic N) is 1. The molecule has 2 aromatic carbocycles. The molecule has 0 saturated carbocycles. The zero-order valence-corrected chi connectivity index (χ0v) is 15.8. The van der Waals surface area contributed by atoms with E-state index in [-0.39, 0.29) is 12.1 Å². The van der Waals surface area contributed by atoms with Gasteiger partial charge in [-0.1, -0.05) is 36.4 Å². The summed E-state index contributed by atoms with van der Waals surface area (Å²) in [5.41, 5.74) is 1.70. The quantitative estimate of drug-likeness (QED) is 0.610. The molecule has 0 fully saturated rings. The summed E-state index contributed by atoms with van der Waals surface area (Å²) < 4.78 is 10.1. The van der Waals surface area contributed by atoms with Gasteiger partial charge in [-0.3, -0.25) is 10.1 Å². The molecular weight excluding hydrogens is 386 g/mol. The van der Waals surface area contributed by atoms with Gasteiger partial charge in [0.2, 0.25) is 0 Å². The highest BCUT2D eigenvalue weighted by molar-refractivity contribution is 6.00. The second-order valence-corrected chi connectivity index (χ2v) is 6.09. The first-order valence-corrected chi connectivity index (χ1v) is 8.94. The lowest BCUT2D eigenvalue weighted by Gasteiger charge is -2.11. The van der Waals surface area contributed by atoms with Crippen LogP contribution in [-0.2, 0) is 16.1 Å². The summed E-state index contributed by atoms with van der Waals surface area (Å²) in [5, 5.41) is 13.8. The Morgan fingerprint density at radius 2 is 1.70 bits per heavy atom. The van der Waals surface area contributed by atoms with Crippen molar-refractivity contribution >= 4 is 17.9 Å². The lowest BCUT2D eigenvalue weighted by Crippen LogP contribution is -2.41. The van der Waals surface area contributed by atoms with Gasteiger partial charge in [-0.15, -0.1) is 0 Å². The minimum Gasteiger partial charge on any atom is -0.467 e. The topological polar surface area (TPSA) is 121 Å². The minimum atomic E-state index is -0.782. The number of hydrogen-bond acceptors (Lipinski definition) is 6. The molecule has 0 aliphatic carbocycles. The molecule has 1 heterocycles. The van der Waals surface area contributed by atoms with Gasteiger partial charge in [-0.25, -0.2) is 9.59 Å². The highest BCUT2D eigenvalue weighted by Gasteiger charge is 2.17. The van der Waals surface area contributed by atoms with Crippen LogP contribution in [0.4, 0.5) is 4.79 Å². The monoisotopic (exact) mass is 403 g/mol. The fourth-order valence-electron chi connectivity index (χ4n) is 2.71. The molecule has 0 bridgehead atoms. The number of benzene rings is 2. The first kappa shape index (κ1) is 20.4. The van der Waals surface area contributed by atoms with Crippen molar-refractivity contribution in [2.45, 2.75) is 6.54 Å². The molecule has 3 rings (SSSR count). The maximum atomic E-state index is 12.5. The molecular formula is C22H17N3O5. The molecule has 0 unspecified atom stereocenters. The van der Waals surface area contributed by atoms with E-state index < -0.39 is 24.5 Å². The molecule has 0 aliphatic heterocycles. The van der Waals surface area contributed by atoms with E-state index in [0.29, 0.717) is 22.5 Å². The van der Waals surface area contributed by atoms with Crippen LogP contribution in [-0.4, -0.2) is 24.5 Å². The smallest absolute Gasteiger partial charge is 0.339 e. The van der Waals surface area contributed by atoms with Gasteiger partial charge >= 0.3 is 12.0 Å². The van der Waals surface area contributed by atoms with E-state index in [9.17, 15) is 19.6 Å². The van der Waals surface area contributed by atoms with Crippen molar-refractivity contribution < 1.29 is 23.5 Å². The molecule has 8 nitrogen and oxygen atoms in total. The normalized spacial score (nSPS) is 9.97. The number of carbonyl (C=O) groups excluding carboxylic acids is 3. The minimum absolute atomic E-state index is 0.109. The fourth-order valence-corrected chi connectivity index (χ4v) is 2.71. The Labute approximate surface area is 172 Å². The predicted molar refractivity (Wildman–Crippen MR) is 106 cm³/mol. The number of rotatable bonds is 6. The number of esters is 1. The second-order valence-electron chi connectivity index (χ2n) is 6.09. The van der Waals surface area contributed by atoms with Gasteiger partial charge < -0.3 is 14.5 Å². The van der Waals surface area contributed by atoms with Crippen LogP contribution in [0.5, 0.6) is 0 Å². The van der Waals surface area contributed by atoms with Gasteiger partial charge in [-0.2, -0.15) is 5.26 Å². The van der Waals surface area contributed by atoms with E-state index in [0.717, 1.165) is 0 Å². The summed E-state index contributed by atoms with van der Waals surface area (Å²) in [6.45, 7) is -0.529. The molecule has 30 heavy (non-hydrogen) atoms. The first-order valence-electron chi connectivity index (χ1n) is 8.94. The molecule has 0 aliphatic rings. The zero-order valence-electron chi connectivity index (χ0n) is 15.8. The highest BCUT2D eigenvalue weighted by atomic mass is 16.5. The van der Waals surface area contributed by atoms with Crippen LogP contribution < -0.4 is 10.6 Å². The van der Waals surface area contributed by atoms with E-state index in [2.05, 4.69) is 16.7 Å². The Kier molecular flexibility index (Phi) is 6.59. The van der Waals surface area contributed by atoms with Gasteiger partial charge in [-0.05, 0) is 29.8 Å². The lowest BCUT2D eigenvalue weighted by atomic mass is 9.96. The van der Waals surface area contributed by atoms with Crippen LogP contribution in [0.2, 0.25) is 0 Å². The number of nitrogens with one attached hydrogen (secondary N) is 2. The third kappa shape index (κ3) is 5.11. The molecule has 0 atom stereocenters. The summed E-state index contributed by atoms with van der Waals surface area (Å²) in [7, 11) is 0. The molecule has 2 N–H and O–H groups in total. The molecule has 0 saturated heterocycles. The van der Waals surface area contributed by atoms with Crippen molar-refractivity contribution in [3.05, 3.63) is 83.8 Å². The first-order chi connectivity index (χ1) is 14.6. The van der Waals surface area contributed by atoms with E-state index >= 15 is 0 Å². The van der Waals surface area contributed by atoms with E-state index in [4.69, 9.17) is 9.15 Å². The number of imide groups is 1. The van der Waals surface area contributed by atoms with Crippen LogP contribution in [0, 0.1) is 11.3 Å². The zero-order chi connectivity index (χ0) is 21.3. The number of carbonyl (C=O) groups is 3. The highest BCUT2D eigenvalue weighted by Crippen LogP contribution is 2.27. The predicted octanol–water partition coefficient (Wildman–Crippen LogP) is 3.00. The summed E-state index contributed by atoms with van der Waals surface area (Å²) in [5.74, 6) is -1.00. The average molecular weight is 403 g/mol. The van der Waals surface area contributed by atoms with Gasteiger partial charge in [0.1, 0.15) is 5.76 Å². The van der Waals surface area contributed by atoms with Crippen LogP contribution >= 0.6 is 0 Å². The van der Waals surface area contributed by atoms with Crippen molar-refractivity contribution in [2.24, 2.45) is 0 Å². The Hall–Kier alpha value is -4.38. The summed E-state index contributed by atoms with van der Waals surface area (Å²) in [4.78, 5) is 36.1. The largest absolute Gasteiger partial charge is 0.467 e. The molecule has 0 spiro atoms. The van der Waals surface area contributed by atoms with Crippen LogP contribution in [0.15, 0.2) is 71.3 Å². The number of hydrogen-bond donors (Lipinski definition) is 2.